The van der Waals surface area contributed by atoms with Gasteiger partial charge in [-0.25, -0.2) is 4.98 Å². The Kier molecular flexibility index (Phi) is 5.70. The molecule has 23 heavy (non-hydrogen) atoms. The Labute approximate surface area is 139 Å². The molecule has 0 aliphatic carbocycles. The maximum absolute atomic E-state index is 12.7. The van der Waals surface area contributed by atoms with Crippen molar-refractivity contribution in [3.05, 3.63) is 18.2 Å². The minimum atomic E-state index is 0.259. The lowest BCUT2D eigenvalue weighted by Gasteiger charge is -2.37. The number of aryl methyl sites for hydroxylation is 1. The van der Waals surface area contributed by atoms with Gasteiger partial charge in [-0.1, -0.05) is 6.42 Å². The van der Waals surface area contributed by atoms with Gasteiger partial charge in [-0.05, 0) is 58.5 Å². The number of hydrogen-bond donors (Lipinski definition) is 0. The van der Waals surface area contributed by atoms with Crippen LogP contribution in [-0.2, 0) is 11.3 Å². The first-order valence-corrected chi connectivity index (χ1v) is 9.23. The van der Waals surface area contributed by atoms with Crippen molar-refractivity contribution in [3.63, 3.8) is 0 Å². The highest BCUT2D eigenvalue weighted by Crippen LogP contribution is 2.21. The molecule has 1 amide bonds. The molecule has 1 aromatic rings. The Bertz CT molecular complexity index is 507. The van der Waals surface area contributed by atoms with Crippen LogP contribution in [0.4, 0.5) is 0 Å². The van der Waals surface area contributed by atoms with E-state index in [9.17, 15) is 4.79 Å². The number of imidazole rings is 1. The molecule has 1 unspecified atom stereocenters. The van der Waals surface area contributed by atoms with Crippen molar-refractivity contribution in [2.75, 3.05) is 26.2 Å². The molecule has 0 bridgehead atoms. The predicted molar refractivity (Wildman–Crippen MR) is 91.2 cm³/mol. The Hall–Kier alpha value is -1.36. The van der Waals surface area contributed by atoms with Gasteiger partial charge in [-0.15, -0.1) is 0 Å². The van der Waals surface area contributed by atoms with Gasteiger partial charge in [0.25, 0.3) is 0 Å². The number of likely N-dealkylation sites (tertiary alicyclic amines) is 2. The molecule has 1 aromatic heterocycles. The van der Waals surface area contributed by atoms with E-state index in [-0.39, 0.29) is 5.91 Å². The van der Waals surface area contributed by atoms with E-state index < -0.39 is 0 Å². The fourth-order valence-electron chi connectivity index (χ4n) is 3.95. The molecule has 2 fully saturated rings. The number of rotatable bonds is 5. The van der Waals surface area contributed by atoms with Crippen LogP contribution >= 0.6 is 0 Å². The van der Waals surface area contributed by atoms with E-state index in [0.29, 0.717) is 12.6 Å². The Morgan fingerprint density at radius 3 is 2.70 bits per heavy atom. The van der Waals surface area contributed by atoms with Gasteiger partial charge in [0.05, 0.1) is 0 Å². The summed E-state index contributed by atoms with van der Waals surface area (Å²) in [7, 11) is 0. The van der Waals surface area contributed by atoms with E-state index in [1.807, 2.05) is 17.7 Å². The van der Waals surface area contributed by atoms with Gasteiger partial charge in [0, 0.05) is 31.5 Å². The maximum atomic E-state index is 12.7. The third-order valence-corrected chi connectivity index (χ3v) is 5.40. The molecule has 0 saturated carbocycles. The molecular weight excluding hydrogens is 288 g/mol. The highest BCUT2D eigenvalue weighted by molar-refractivity contribution is 5.76. The van der Waals surface area contributed by atoms with Crippen molar-refractivity contribution in [1.29, 1.82) is 0 Å². The van der Waals surface area contributed by atoms with Gasteiger partial charge in [0.2, 0.25) is 5.91 Å². The van der Waals surface area contributed by atoms with Crippen LogP contribution in [0.3, 0.4) is 0 Å². The van der Waals surface area contributed by atoms with Crippen molar-refractivity contribution >= 4 is 5.91 Å². The lowest BCUT2D eigenvalue weighted by Crippen LogP contribution is -2.46. The van der Waals surface area contributed by atoms with Gasteiger partial charge < -0.3 is 14.4 Å². The molecule has 3 heterocycles. The van der Waals surface area contributed by atoms with Crippen LogP contribution in [0.1, 0.15) is 50.8 Å². The Morgan fingerprint density at radius 2 is 1.96 bits per heavy atom. The number of piperidine rings is 2. The number of hydrogen-bond acceptors (Lipinski definition) is 3. The summed E-state index contributed by atoms with van der Waals surface area (Å²) in [5, 5.41) is 0. The van der Waals surface area contributed by atoms with E-state index in [2.05, 4.69) is 14.8 Å². The topological polar surface area (TPSA) is 41.4 Å². The van der Waals surface area contributed by atoms with Crippen LogP contribution in [0, 0.1) is 6.92 Å². The monoisotopic (exact) mass is 318 g/mol. The van der Waals surface area contributed by atoms with Gasteiger partial charge >= 0.3 is 0 Å². The van der Waals surface area contributed by atoms with Crippen molar-refractivity contribution in [2.45, 2.75) is 64.5 Å². The van der Waals surface area contributed by atoms with Crippen LogP contribution in [0.25, 0.3) is 0 Å². The molecule has 5 heteroatoms. The second-order valence-electron chi connectivity index (χ2n) is 7.03. The second-order valence-corrected chi connectivity index (χ2v) is 7.03. The van der Waals surface area contributed by atoms with E-state index in [0.717, 1.165) is 31.8 Å². The largest absolute Gasteiger partial charge is 0.338 e. The number of nitrogens with zero attached hydrogens (tertiary/aromatic N) is 4. The summed E-state index contributed by atoms with van der Waals surface area (Å²) in [6, 6.07) is 0.432. The fourth-order valence-corrected chi connectivity index (χ4v) is 3.95. The maximum Gasteiger partial charge on any atom is 0.242 e. The van der Waals surface area contributed by atoms with Gasteiger partial charge in [0.15, 0.2) is 0 Å². The molecule has 0 aromatic carbocycles. The quantitative estimate of drug-likeness (QED) is 0.837. The highest BCUT2D eigenvalue weighted by Gasteiger charge is 2.27. The zero-order chi connectivity index (χ0) is 16.1. The van der Waals surface area contributed by atoms with E-state index in [1.54, 1.807) is 6.20 Å². The lowest BCUT2D eigenvalue weighted by molar-refractivity contribution is -0.135. The number of amides is 1. The van der Waals surface area contributed by atoms with Crippen molar-refractivity contribution in [2.24, 2.45) is 0 Å². The summed E-state index contributed by atoms with van der Waals surface area (Å²) in [5.41, 5.74) is 0. The average molecular weight is 318 g/mol. The van der Waals surface area contributed by atoms with Crippen molar-refractivity contribution in [3.8, 4) is 0 Å². The molecule has 128 valence electrons. The zero-order valence-electron chi connectivity index (χ0n) is 14.4. The molecule has 2 aliphatic heterocycles. The molecule has 0 spiro atoms. The SMILES string of the molecule is Cc1nccn1CC(=O)N1CCCCC1CCN1CCCCC1. The molecule has 1 atom stereocenters. The number of carbonyl (C=O) groups is 1. The second kappa shape index (κ2) is 7.95. The smallest absolute Gasteiger partial charge is 0.242 e. The van der Waals surface area contributed by atoms with Gasteiger partial charge in [0.1, 0.15) is 12.4 Å². The third kappa shape index (κ3) is 4.34. The molecule has 0 N–H and O–H groups in total. The molecular formula is C18H30N4O. The normalized spacial score (nSPS) is 23.2. The summed E-state index contributed by atoms with van der Waals surface area (Å²) in [5.74, 6) is 1.18. The predicted octanol–water partition coefficient (Wildman–Crippen LogP) is 2.45. The van der Waals surface area contributed by atoms with Crippen LogP contribution in [0.15, 0.2) is 12.4 Å². The standard InChI is InChI=1S/C18H30N4O/c1-16-19-9-14-21(16)15-18(23)22-12-6-3-7-17(22)8-13-20-10-4-2-5-11-20/h9,14,17H,2-8,10-13,15H2,1H3. The van der Waals surface area contributed by atoms with E-state index in [1.165, 1.54) is 45.2 Å². The van der Waals surface area contributed by atoms with Crippen LogP contribution < -0.4 is 0 Å². The van der Waals surface area contributed by atoms with E-state index in [4.69, 9.17) is 0 Å². The summed E-state index contributed by atoms with van der Waals surface area (Å²) >= 11 is 0. The van der Waals surface area contributed by atoms with E-state index >= 15 is 0 Å². The summed E-state index contributed by atoms with van der Waals surface area (Å²) in [6.45, 7) is 6.96. The van der Waals surface area contributed by atoms with Gasteiger partial charge in [-0.2, -0.15) is 0 Å². The fraction of sp³-hybridized carbons (Fsp3) is 0.778. The average Bonchev–Trinajstić information content (AvgIpc) is 2.99. The number of aromatic nitrogens is 2. The zero-order valence-corrected chi connectivity index (χ0v) is 14.4. The van der Waals surface area contributed by atoms with Crippen LogP contribution in [-0.4, -0.2) is 57.5 Å². The molecule has 0 radical (unpaired) electrons. The minimum Gasteiger partial charge on any atom is -0.338 e. The first-order chi connectivity index (χ1) is 11.2. The lowest BCUT2D eigenvalue weighted by atomic mass is 9.98. The number of carbonyl (C=O) groups excluding carboxylic acids is 1. The first-order valence-electron chi connectivity index (χ1n) is 9.23. The van der Waals surface area contributed by atoms with Crippen molar-refractivity contribution < 1.29 is 4.79 Å². The van der Waals surface area contributed by atoms with Gasteiger partial charge in [-0.3, -0.25) is 4.79 Å². The molecule has 2 saturated heterocycles. The molecule has 3 rings (SSSR count). The Balaban J connectivity index is 1.54. The molecule has 5 nitrogen and oxygen atoms in total. The van der Waals surface area contributed by atoms with Crippen LogP contribution in [0.5, 0.6) is 0 Å². The van der Waals surface area contributed by atoms with Crippen LogP contribution in [0.2, 0.25) is 0 Å². The summed E-state index contributed by atoms with van der Waals surface area (Å²) < 4.78 is 1.96. The minimum absolute atomic E-state index is 0.259. The third-order valence-electron chi connectivity index (χ3n) is 5.40. The van der Waals surface area contributed by atoms with Crippen molar-refractivity contribution in [1.82, 2.24) is 19.4 Å². The molecule has 2 aliphatic rings. The highest BCUT2D eigenvalue weighted by atomic mass is 16.2. The Morgan fingerprint density at radius 1 is 1.17 bits per heavy atom. The summed E-state index contributed by atoms with van der Waals surface area (Å²) in [6.07, 6.45) is 12.5. The first kappa shape index (κ1) is 16.5. The summed E-state index contributed by atoms with van der Waals surface area (Å²) in [4.78, 5) is 21.7.